The Bertz CT molecular complexity index is 442. The van der Waals surface area contributed by atoms with Crippen LogP contribution in [0.3, 0.4) is 0 Å². The summed E-state index contributed by atoms with van der Waals surface area (Å²) in [7, 11) is 0. The van der Waals surface area contributed by atoms with E-state index in [1.165, 1.54) is 24.0 Å². The molecule has 2 aromatic rings. The summed E-state index contributed by atoms with van der Waals surface area (Å²) < 4.78 is 5.49. The lowest BCUT2D eigenvalue weighted by atomic mass is 9.83. The second kappa shape index (κ2) is 3.58. The lowest BCUT2D eigenvalue weighted by Gasteiger charge is -2.22. The maximum atomic E-state index is 5.49. The normalized spacial score (nSPS) is 19.9. The fourth-order valence-electron chi connectivity index (χ4n) is 2.46. The SMILES string of the molecule is c1coc(C2CCc3ccccc3C2)c1. The summed E-state index contributed by atoms with van der Waals surface area (Å²) in [5, 5.41) is 0. The molecule has 1 nitrogen and oxygen atoms in total. The lowest BCUT2D eigenvalue weighted by Crippen LogP contribution is -2.11. The van der Waals surface area contributed by atoms with Crippen molar-refractivity contribution >= 4 is 0 Å². The van der Waals surface area contributed by atoms with Gasteiger partial charge in [-0.05, 0) is 42.5 Å². The van der Waals surface area contributed by atoms with Gasteiger partial charge in [0, 0.05) is 5.92 Å². The number of aryl methyl sites for hydroxylation is 1. The molecule has 1 aromatic carbocycles. The van der Waals surface area contributed by atoms with Crippen LogP contribution >= 0.6 is 0 Å². The quantitative estimate of drug-likeness (QED) is 0.683. The number of hydrogen-bond donors (Lipinski definition) is 0. The third kappa shape index (κ3) is 1.58. The zero-order valence-corrected chi connectivity index (χ0v) is 8.65. The first-order valence-electron chi connectivity index (χ1n) is 5.53. The predicted molar refractivity (Wildman–Crippen MR) is 59.9 cm³/mol. The van der Waals surface area contributed by atoms with Crippen molar-refractivity contribution in [3.05, 3.63) is 59.5 Å². The zero-order valence-electron chi connectivity index (χ0n) is 8.65. The van der Waals surface area contributed by atoms with Crippen LogP contribution in [0.5, 0.6) is 0 Å². The van der Waals surface area contributed by atoms with Gasteiger partial charge in [0.05, 0.1) is 6.26 Å². The van der Waals surface area contributed by atoms with E-state index in [-0.39, 0.29) is 0 Å². The van der Waals surface area contributed by atoms with Gasteiger partial charge >= 0.3 is 0 Å². The molecule has 0 fully saturated rings. The first-order valence-corrected chi connectivity index (χ1v) is 5.53. The van der Waals surface area contributed by atoms with E-state index in [1.807, 2.05) is 6.07 Å². The third-order valence-electron chi connectivity index (χ3n) is 3.29. The summed E-state index contributed by atoms with van der Waals surface area (Å²) in [6.07, 6.45) is 5.30. The van der Waals surface area contributed by atoms with Gasteiger partial charge in [-0.15, -0.1) is 0 Å². The summed E-state index contributed by atoms with van der Waals surface area (Å²) in [4.78, 5) is 0. The molecule has 15 heavy (non-hydrogen) atoms. The second-order valence-corrected chi connectivity index (χ2v) is 4.22. The highest BCUT2D eigenvalue weighted by atomic mass is 16.3. The third-order valence-corrected chi connectivity index (χ3v) is 3.29. The van der Waals surface area contributed by atoms with Gasteiger partial charge in [0.15, 0.2) is 0 Å². The molecule has 1 aliphatic rings. The van der Waals surface area contributed by atoms with E-state index in [0.29, 0.717) is 5.92 Å². The van der Waals surface area contributed by atoms with E-state index in [0.717, 1.165) is 12.2 Å². The van der Waals surface area contributed by atoms with E-state index in [1.54, 1.807) is 6.26 Å². The van der Waals surface area contributed by atoms with E-state index in [4.69, 9.17) is 4.42 Å². The highest BCUT2D eigenvalue weighted by Gasteiger charge is 2.21. The molecule has 0 N–H and O–H groups in total. The Kier molecular flexibility index (Phi) is 2.09. The molecule has 0 bridgehead atoms. The fraction of sp³-hybridized carbons (Fsp3) is 0.286. The molecule has 0 radical (unpaired) electrons. The highest BCUT2D eigenvalue weighted by molar-refractivity contribution is 5.31. The number of furan rings is 1. The van der Waals surface area contributed by atoms with Crippen LogP contribution in [-0.4, -0.2) is 0 Å². The van der Waals surface area contributed by atoms with Gasteiger partial charge < -0.3 is 4.42 Å². The molecule has 0 spiro atoms. The summed E-state index contributed by atoms with van der Waals surface area (Å²) >= 11 is 0. The minimum Gasteiger partial charge on any atom is -0.469 e. The molecule has 1 aromatic heterocycles. The van der Waals surface area contributed by atoms with Gasteiger partial charge in [-0.2, -0.15) is 0 Å². The van der Waals surface area contributed by atoms with Crippen LogP contribution in [0, 0.1) is 0 Å². The van der Waals surface area contributed by atoms with Crippen LogP contribution in [0.2, 0.25) is 0 Å². The molecule has 3 rings (SSSR count). The van der Waals surface area contributed by atoms with E-state index >= 15 is 0 Å². The van der Waals surface area contributed by atoms with Crippen LogP contribution in [0.1, 0.15) is 29.2 Å². The lowest BCUT2D eigenvalue weighted by molar-refractivity contribution is 0.434. The average Bonchev–Trinajstić information content (AvgIpc) is 2.82. The molecule has 0 aliphatic heterocycles. The summed E-state index contributed by atoms with van der Waals surface area (Å²) in [6.45, 7) is 0. The van der Waals surface area contributed by atoms with Gasteiger partial charge in [-0.3, -0.25) is 0 Å². The molecule has 1 heteroatoms. The summed E-state index contributed by atoms with van der Waals surface area (Å²) in [5.74, 6) is 1.72. The Morgan fingerprint density at radius 1 is 1.00 bits per heavy atom. The van der Waals surface area contributed by atoms with Crippen LogP contribution in [0.15, 0.2) is 47.1 Å². The zero-order chi connectivity index (χ0) is 10.1. The van der Waals surface area contributed by atoms with Crippen LogP contribution in [-0.2, 0) is 12.8 Å². The molecule has 1 heterocycles. The Hall–Kier alpha value is -1.50. The molecule has 0 saturated heterocycles. The van der Waals surface area contributed by atoms with Gasteiger partial charge in [-0.1, -0.05) is 24.3 Å². The Labute approximate surface area is 89.7 Å². The van der Waals surface area contributed by atoms with E-state index < -0.39 is 0 Å². The minimum absolute atomic E-state index is 0.579. The number of rotatable bonds is 1. The van der Waals surface area contributed by atoms with Crippen LogP contribution in [0.25, 0.3) is 0 Å². The second-order valence-electron chi connectivity index (χ2n) is 4.22. The standard InChI is InChI=1S/C14H14O/c1-2-5-12-10-13(8-7-11(12)4-1)14-6-3-9-15-14/h1-6,9,13H,7-8,10H2. The van der Waals surface area contributed by atoms with Crippen molar-refractivity contribution in [2.45, 2.75) is 25.2 Å². The maximum Gasteiger partial charge on any atom is 0.107 e. The first-order chi connectivity index (χ1) is 7.43. The van der Waals surface area contributed by atoms with Crippen molar-refractivity contribution in [3.63, 3.8) is 0 Å². The molecule has 1 atom stereocenters. The molecular formula is C14H14O. The topological polar surface area (TPSA) is 13.1 Å². The van der Waals surface area contributed by atoms with Crippen molar-refractivity contribution in [2.75, 3.05) is 0 Å². The number of fused-ring (bicyclic) bond motifs is 1. The van der Waals surface area contributed by atoms with Crippen LogP contribution in [0.4, 0.5) is 0 Å². The van der Waals surface area contributed by atoms with E-state index in [9.17, 15) is 0 Å². The van der Waals surface area contributed by atoms with E-state index in [2.05, 4.69) is 30.3 Å². The smallest absolute Gasteiger partial charge is 0.107 e. The van der Waals surface area contributed by atoms with Crippen molar-refractivity contribution < 1.29 is 4.42 Å². The van der Waals surface area contributed by atoms with Gasteiger partial charge in [0.2, 0.25) is 0 Å². The largest absolute Gasteiger partial charge is 0.469 e. The summed E-state index contributed by atoms with van der Waals surface area (Å²) in [6, 6.07) is 12.8. The molecule has 0 amide bonds. The molecule has 76 valence electrons. The number of benzene rings is 1. The number of hydrogen-bond acceptors (Lipinski definition) is 1. The van der Waals surface area contributed by atoms with Crippen molar-refractivity contribution in [1.29, 1.82) is 0 Å². The minimum atomic E-state index is 0.579. The monoisotopic (exact) mass is 198 g/mol. The van der Waals surface area contributed by atoms with Crippen molar-refractivity contribution in [3.8, 4) is 0 Å². The maximum absolute atomic E-state index is 5.49. The molecular weight excluding hydrogens is 184 g/mol. The van der Waals surface area contributed by atoms with Crippen molar-refractivity contribution in [1.82, 2.24) is 0 Å². The first kappa shape index (κ1) is 8.78. The van der Waals surface area contributed by atoms with Crippen molar-refractivity contribution in [2.24, 2.45) is 0 Å². The van der Waals surface area contributed by atoms with Gasteiger partial charge in [0.25, 0.3) is 0 Å². The van der Waals surface area contributed by atoms with Gasteiger partial charge in [0.1, 0.15) is 5.76 Å². The molecule has 0 saturated carbocycles. The van der Waals surface area contributed by atoms with Crippen LogP contribution < -0.4 is 0 Å². The Morgan fingerprint density at radius 2 is 1.87 bits per heavy atom. The fourth-order valence-corrected chi connectivity index (χ4v) is 2.46. The summed E-state index contributed by atoms with van der Waals surface area (Å²) in [5.41, 5.74) is 3.01. The highest BCUT2D eigenvalue weighted by Crippen LogP contribution is 2.32. The van der Waals surface area contributed by atoms with Gasteiger partial charge in [-0.25, -0.2) is 0 Å². The Morgan fingerprint density at radius 3 is 2.67 bits per heavy atom. The predicted octanol–water partition coefficient (Wildman–Crippen LogP) is 3.55. The molecule has 1 unspecified atom stereocenters. The molecule has 1 aliphatic carbocycles. The Balaban J connectivity index is 1.89. The average molecular weight is 198 g/mol.